The number of nitrogens with one attached hydrogen (secondary N) is 1. The Labute approximate surface area is 169 Å². The summed E-state index contributed by atoms with van der Waals surface area (Å²) in [5, 5.41) is 7.25. The molecule has 0 saturated carbocycles. The van der Waals surface area contributed by atoms with Gasteiger partial charge in [-0.25, -0.2) is 9.48 Å². The molecule has 1 aromatic heterocycles. The zero-order valence-electron chi connectivity index (χ0n) is 13.8. The van der Waals surface area contributed by atoms with Gasteiger partial charge >= 0.3 is 5.97 Å². The summed E-state index contributed by atoms with van der Waals surface area (Å²) in [5.74, 6) is -0.318. The van der Waals surface area contributed by atoms with Crippen LogP contribution >= 0.6 is 40.2 Å². The normalized spacial score (nSPS) is 11.7. The molecule has 0 aliphatic carbocycles. The van der Waals surface area contributed by atoms with Gasteiger partial charge in [0.05, 0.1) is 11.1 Å². The maximum Gasteiger partial charge on any atom is 0.329 e. The number of rotatable bonds is 8. The van der Waals surface area contributed by atoms with Gasteiger partial charge in [0.25, 0.3) is 5.91 Å². The molecular formula is C16H17BrClN3O4S. The predicted molar refractivity (Wildman–Crippen MR) is 104 cm³/mol. The second-order valence-electron chi connectivity index (χ2n) is 5.05. The first-order valence-electron chi connectivity index (χ1n) is 7.64. The Kier molecular flexibility index (Phi) is 7.80. The molecule has 0 saturated heterocycles. The fourth-order valence-electron chi connectivity index (χ4n) is 1.94. The van der Waals surface area contributed by atoms with Crippen molar-refractivity contribution in [2.45, 2.75) is 19.7 Å². The highest BCUT2D eigenvalue weighted by Crippen LogP contribution is 2.28. The van der Waals surface area contributed by atoms with Crippen LogP contribution in [0.1, 0.15) is 17.4 Å². The van der Waals surface area contributed by atoms with Gasteiger partial charge in [0.2, 0.25) is 0 Å². The molecule has 1 N–H and O–H groups in total. The van der Waals surface area contributed by atoms with Gasteiger partial charge in [-0.1, -0.05) is 11.6 Å². The molecule has 1 aromatic carbocycles. The topological polar surface area (TPSA) is 82.5 Å². The third-order valence-electron chi connectivity index (χ3n) is 3.18. The molecule has 0 bridgehead atoms. The van der Waals surface area contributed by atoms with Crippen molar-refractivity contribution < 1.29 is 19.1 Å². The number of esters is 1. The van der Waals surface area contributed by atoms with Gasteiger partial charge in [-0.3, -0.25) is 4.79 Å². The molecule has 0 aliphatic heterocycles. The summed E-state index contributed by atoms with van der Waals surface area (Å²) >= 11 is 13.3. The largest absolute Gasteiger partial charge is 0.470 e. The van der Waals surface area contributed by atoms with E-state index in [1.807, 2.05) is 0 Å². The molecule has 10 heteroatoms. The van der Waals surface area contributed by atoms with Gasteiger partial charge in [0.1, 0.15) is 17.5 Å². The Morgan fingerprint density at radius 1 is 1.42 bits per heavy atom. The maximum atomic E-state index is 12.2. The van der Waals surface area contributed by atoms with Crippen LogP contribution < -0.4 is 10.1 Å². The molecule has 7 nitrogen and oxygen atoms in total. The Bertz CT molecular complexity index is 787. The average Bonchev–Trinajstić information content (AvgIpc) is 3.08. The highest BCUT2D eigenvalue weighted by atomic mass is 79.9. The minimum Gasteiger partial charge on any atom is -0.470 e. The summed E-state index contributed by atoms with van der Waals surface area (Å²) in [6, 6.07) is 5.83. The number of halogens is 2. The van der Waals surface area contributed by atoms with Crippen molar-refractivity contribution in [1.29, 1.82) is 0 Å². The number of amides is 1. The average molecular weight is 463 g/mol. The van der Waals surface area contributed by atoms with Gasteiger partial charge in [0, 0.05) is 17.0 Å². The molecule has 2 rings (SSSR count). The molecule has 1 atom stereocenters. The molecule has 1 heterocycles. The summed E-state index contributed by atoms with van der Waals surface area (Å²) < 4.78 is 12.7. The first-order valence-corrected chi connectivity index (χ1v) is 9.44. The first kappa shape index (κ1) is 20.6. The van der Waals surface area contributed by atoms with E-state index in [2.05, 4.69) is 39.0 Å². The van der Waals surface area contributed by atoms with Crippen LogP contribution in [0.3, 0.4) is 0 Å². The van der Waals surface area contributed by atoms with Crippen molar-refractivity contribution in [2.75, 3.05) is 12.4 Å². The van der Waals surface area contributed by atoms with Gasteiger partial charge in [-0.15, -0.1) is 0 Å². The lowest BCUT2D eigenvalue weighted by molar-refractivity contribution is -0.144. The van der Waals surface area contributed by atoms with E-state index < -0.39 is 17.9 Å². The zero-order chi connectivity index (χ0) is 19.1. The van der Waals surface area contributed by atoms with E-state index in [-0.39, 0.29) is 24.8 Å². The van der Waals surface area contributed by atoms with Crippen LogP contribution in [0.25, 0.3) is 0 Å². The van der Waals surface area contributed by atoms with E-state index in [4.69, 9.17) is 21.1 Å². The molecule has 1 amide bonds. The Balaban J connectivity index is 1.95. The zero-order valence-corrected chi connectivity index (χ0v) is 17.1. The Morgan fingerprint density at radius 3 is 2.85 bits per heavy atom. The fourth-order valence-corrected chi connectivity index (χ4v) is 2.97. The number of nitrogens with zero attached hydrogens (tertiary/aromatic N) is 2. The highest BCUT2D eigenvalue weighted by Gasteiger charge is 2.22. The number of carbonyl (C=O) groups is 2. The summed E-state index contributed by atoms with van der Waals surface area (Å²) in [6.45, 7) is 2.02. The highest BCUT2D eigenvalue weighted by molar-refractivity contribution is 9.10. The van der Waals surface area contributed by atoms with Crippen LogP contribution in [0.15, 0.2) is 34.9 Å². The summed E-state index contributed by atoms with van der Waals surface area (Å²) in [6.07, 6.45) is 1.60. The Hall–Kier alpha value is -1.71. The van der Waals surface area contributed by atoms with Crippen molar-refractivity contribution in [1.82, 2.24) is 15.1 Å². The number of ether oxygens (including phenoxy) is 2. The standard InChI is InChI=1S/C16H17BrClN3O4S/c1-2-24-16(23)13(8-26)19-15(22)12-5-6-21(20-12)9-25-14-4-3-10(18)7-11(14)17/h3-7,13,26H,2,8-9H2,1H3,(H,19,22)/t13-/m0/s1. The van der Waals surface area contributed by atoms with Gasteiger partial charge in [-0.05, 0) is 47.1 Å². The van der Waals surface area contributed by atoms with Gasteiger partial charge < -0.3 is 14.8 Å². The number of hydrogen-bond donors (Lipinski definition) is 2. The number of benzene rings is 1. The minimum atomic E-state index is -0.836. The van der Waals surface area contributed by atoms with Gasteiger partial charge in [-0.2, -0.15) is 17.7 Å². The lowest BCUT2D eigenvalue weighted by Crippen LogP contribution is -2.43. The van der Waals surface area contributed by atoms with Crippen LogP contribution in [0.2, 0.25) is 5.02 Å². The van der Waals surface area contributed by atoms with Crippen LogP contribution in [0.4, 0.5) is 0 Å². The summed E-state index contributed by atoms with van der Waals surface area (Å²) in [5.41, 5.74) is 0.153. The minimum absolute atomic E-state index is 0.0986. The summed E-state index contributed by atoms with van der Waals surface area (Å²) in [4.78, 5) is 23.9. The molecular weight excluding hydrogens is 446 g/mol. The van der Waals surface area contributed by atoms with Crippen molar-refractivity contribution >= 4 is 52.0 Å². The third-order valence-corrected chi connectivity index (χ3v) is 4.40. The molecule has 2 aromatic rings. The van der Waals surface area contributed by atoms with Crippen LogP contribution in [-0.4, -0.2) is 40.1 Å². The quantitative estimate of drug-likeness (QED) is 0.466. The molecule has 0 aliphatic rings. The maximum absolute atomic E-state index is 12.2. The number of aromatic nitrogens is 2. The van der Waals surface area contributed by atoms with Crippen LogP contribution in [0.5, 0.6) is 5.75 Å². The third kappa shape index (κ3) is 5.65. The number of carbonyl (C=O) groups excluding carboxylic acids is 2. The first-order chi connectivity index (χ1) is 12.4. The molecule has 0 spiro atoms. The SMILES string of the molecule is CCOC(=O)[C@H](CS)NC(=O)c1ccn(COc2ccc(Cl)cc2Br)n1. The van der Waals surface area contributed by atoms with E-state index in [9.17, 15) is 9.59 Å². The Morgan fingerprint density at radius 2 is 2.19 bits per heavy atom. The second-order valence-corrected chi connectivity index (χ2v) is 6.71. The fraction of sp³-hybridized carbons (Fsp3) is 0.312. The van der Waals surface area contributed by atoms with Crippen molar-refractivity contribution in [3.05, 3.63) is 45.7 Å². The lowest BCUT2D eigenvalue weighted by atomic mass is 10.3. The van der Waals surface area contributed by atoms with E-state index in [0.29, 0.717) is 15.2 Å². The number of thiol groups is 1. The van der Waals surface area contributed by atoms with Crippen LogP contribution in [0, 0.1) is 0 Å². The van der Waals surface area contributed by atoms with Gasteiger partial charge in [0.15, 0.2) is 6.73 Å². The van der Waals surface area contributed by atoms with E-state index in [1.165, 1.54) is 10.7 Å². The van der Waals surface area contributed by atoms with E-state index in [0.717, 1.165) is 0 Å². The smallest absolute Gasteiger partial charge is 0.329 e. The van der Waals surface area contributed by atoms with Crippen LogP contribution in [-0.2, 0) is 16.3 Å². The number of hydrogen-bond acceptors (Lipinski definition) is 6. The summed E-state index contributed by atoms with van der Waals surface area (Å²) in [7, 11) is 0. The lowest BCUT2D eigenvalue weighted by Gasteiger charge is -2.14. The second kappa shape index (κ2) is 9.84. The molecule has 0 fully saturated rings. The predicted octanol–water partition coefficient (Wildman–Crippen LogP) is 2.93. The van der Waals surface area contributed by atoms with Crippen molar-refractivity contribution in [2.24, 2.45) is 0 Å². The van der Waals surface area contributed by atoms with Crippen molar-refractivity contribution in [3.63, 3.8) is 0 Å². The van der Waals surface area contributed by atoms with Crippen molar-refractivity contribution in [3.8, 4) is 5.75 Å². The van der Waals surface area contributed by atoms with E-state index >= 15 is 0 Å². The monoisotopic (exact) mass is 461 g/mol. The molecule has 140 valence electrons. The molecule has 0 unspecified atom stereocenters. The molecule has 26 heavy (non-hydrogen) atoms. The molecule has 0 radical (unpaired) electrons. The van der Waals surface area contributed by atoms with E-state index in [1.54, 1.807) is 31.3 Å².